The van der Waals surface area contributed by atoms with E-state index in [2.05, 4.69) is 20.0 Å². The van der Waals surface area contributed by atoms with E-state index in [1.807, 2.05) is 10.8 Å². The first-order chi connectivity index (χ1) is 7.83. The summed E-state index contributed by atoms with van der Waals surface area (Å²) in [6.45, 7) is 0.976. The molecule has 0 aliphatic rings. The number of nitrogens with zero attached hydrogens (tertiary/aromatic N) is 2. The standard InChI is InChI=1S/C9H13N3O4/c13-6-7-15-9(14)16-11-2-1-4-12-5-3-10-8-12/h3,5-6,8,11H,1-2,4,7H2. The van der Waals surface area contributed by atoms with E-state index in [0.717, 1.165) is 13.0 Å². The zero-order valence-corrected chi connectivity index (χ0v) is 8.67. The molecule has 1 rings (SSSR count). The Labute approximate surface area is 92.3 Å². The van der Waals surface area contributed by atoms with Crippen molar-refractivity contribution in [1.29, 1.82) is 0 Å². The highest BCUT2D eigenvalue weighted by Gasteiger charge is 2.01. The third-order valence-electron chi connectivity index (χ3n) is 1.68. The lowest BCUT2D eigenvalue weighted by Crippen LogP contribution is -2.23. The molecule has 0 aliphatic carbocycles. The molecular weight excluding hydrogens is 214 g/mol. The lowest BCUT2D eigenvalue weighted by atomic mass is 10.4. The van der Waals surface area contributed by atoms with Crippen LogP contribution in [0, 0.1) is 0 Å². The molecule has 7 nitrogen and oxygen atoms in total. The number of aromatic nitrogens is 2. The number of carbonyl (C=O) groups is 2. The monoisotopic (exact) mass is 227 g/mol. The van der Waals surface area contributed by atoms with E-state index >= 15 is 0 Å². The summed E-state index contributed by atoms with van der Waals surface area (Å²) in [5.41, 5.74) is 2.43. The van der Waals surface area contributed by atoms with Gasteiger partial charge in [0.1, 0.15) is 0 Å². The maximum Gasteiger partial charge on any atom is 0.528 e. The first-order valence-corrected chi connectivity index (χ1v) is 4.79. The number of hydrogen-bond acceptors (Lipinski definition) is 6. The van der Waals surface area contributed by atoms with Crippen LogP contribution in [0.2, 0.25) is 0 Å². The van der Waals surface area contributed by atoms with Crippen LogP contribution < -0.4 is 5.48 Å². The molecular formula is C9H13N3O4. The molecule has 16 heavy (non-hydrogen) atoms. The predicted molar refractivity (Wildman–Crippen MR) is 53.3 cm³/mol. The molecule has 1 heterocycles. The topological polar surface area (TPSA) is 82.5 Å². The summed E-state index contributed by atoms with van der Waals surface area (Å²) in [6.07, 6.45) is 5.59. The van der Waals surface area contributed by atoms with E-state index in [0.29, 0.717) is 12.8 Å². The van der Waals surface area contributed by atoms with Crippen molar-refractivity contribution in [2.24, 2.45) is 0 Å². The van der Waals surface area contributed by atoms with Crippen LogP contribution in [0.15, 0.2) is 18.7 Å². The van der Waals surface area contributed by atoms with Crippen LogP contribution in [-0.4, -0.2) is 35.1 Å². The van der Waals surface area contributed by atoms with Crippen LogP contribution in [0.3, 0.4) is 0 Å². The summed E-state index contributed by atoms with van der Waals surface area (Å²) in [4.78, 5) is 28.9. The second kappa shape index (κ2) is 7.41. The fourth-order valence-corrected chi connectivity index (χ4v) is 0.994. The van der Waals surface area contributed by atoms with Gasteiger partial charge in [-0.3, -0.25) is 4.79 Å². The van der Waals surface area contributed by atoms with Crippen molar-refractivity contribution in [2.75, 3.05) is 13.2 Å². The Morgan fingerprint density at radius 2 is 2.44 bits per heavy atom. The number of aldehydes is 1. The molecule has 0 aromatic carbocycles. The summed E-state index contributed by atoms with van der Waals surface area (Å²) < 4.78 is 6.25. The van der Waals surface area contributed by atoms with Gasteiger partial charge in [0.2, 0.25) is 0 Å². The second-order valence-electron chi connectivity index (χ2n) is 2.88. The molecule has 0 amide bonds. The number of carbonyl (C=O) groups excluding carboxylic acids is 2. The fraction of sp³-hybridized carbons (Fsp3) is 0.444. The Hall–Kier alpha value is -1.89. The molecule has 0 atom stereocenters. The molecule has 1 aromatic heterocycles. The van der Waals surface area contributed by atoms with Crippen LogP contribution in [-0.2, 0) is 20.9 Å². The van der Waals surface area contributed by atoms with E-state index in [-0.39, 0.29) is 6.61 Å². The van der Waals surface area contributed by atoms with Crippen LogP contribution in [0.1, 0.15) is 6.42 Å². The number of hydroxylamine groups is 1. The SMILES string of the molecule is O=CCOC(=O)ONCCCn1ccnc1. The van der Waals surface area contributed by atoms with Gasteiger partial charge in [-0.2, -0.15) is 0 Å². The molecule has 0 saturated heterocycles. The number of imidazole rings is 1. The van der Waals surface area contributed by atoms with Gasteiger partial charge in [0.25, 0.3) is 0 Å². The minimum Gasteiger partial charge on any atom is -0.425 e. The summed E-state index contributed by atoms with van der Waals surface area (Å²) >= 11 is 0. The van der Waals surface area contributed by atoms with Gasteiger partial charge < -0.3 is 14.1 Å². The maximum absolute atomic E-state index is 10.7. The van der Waals surface area contributed by atoms with Gasteiger partial charge in [-0.1, -0.05) is 0 Å². The maximum atomic E-state index is 10.7. The Kier molecular flexibility index (Phi) is 5.64. The smallest absolute Gasteiger partial charge is 0.425 e. The van der Waals surface area contributed by atoms with Crippen molar-refractivity contribution in [1.82, 2.24) is 15.0 Å². The molecule has 0 radical (unpaired) electrons. The average molecular weight is 227 g/mol. The summed E-state index contributed by atoms with van der Waals surface area (Å²) in [6, 6.07) is 0. The first kappa shape index (κ1) is 12.2. The summed E-state index contributed by atoms with van der Waals surface area (Å²) in [5.74, 6) is 0. The van der Waals surface area contributed by atoms with Gasteiger partial charge in [-0.15, -0.1) is 5.48 Å². The van der Waals surface area contributed by atoms with Crippen LogP contribution in [0.5, 0.6) is 0 Å². The second-order valence-corrected chi connectivity index (χ2v) is 2.88. The van der Waals surface area contributed by atoms with Crippen LogP contribution in [0.25, 0.3) is 0 Å². The van der Waals surface area contributed by atoms with Gasteiger partial charge in [0.15, 0.2) is 12.9 Å². The first-order valence-electron chi connectivity index (χ1n) is 4.79. The van der Waals surface area contributed by atoms with Crippen molar-refractivity contribution >= 4 is 12.4 Å². The third kappa shape index (κ3) is 5.11. The molecule has 0 fully saturated rings. The minimum absolute atomic E-state index is 0.296. The molecule has 1 N–H and O–H groups in total. The lowest BCUT2D eigenvalue weighted by molar-refractivity contribution is -0.111. The molecule has 7 heteroatoms. The lowest BCUT2D eigenvalue weighted by Gasteiger charge is -2.05. The largest absolute Gasteiger partial charge is 0.528 e. The molecule has 0 spiro atoms. The van der Waals surface area contributed by atoms with E-state index in [1.165, 1.54) is 0 Å². The number of nitrogens with one attached hydrogen (secondary N) is 1. The van der Waals surface area contributed by atoms with Crippen molar-refractivity contribution in [3.8, 4) is 0 Å². The molecule has 0 unspecified atom stereocenters. The zero-order chi connectivity index (χ0) is 11.6. The van der Waals surface area contributed by atoms with E-state index in [1.54, 1.807) is 12.5 Å². The Morgan fingerprint density at radius 1 is 1.56 bits per heavy atom. The van der Waals surface area contributed by atoms with Crippen molar-refractivity contribution < 1.29 is 19.2 Å². The molecule has 0 bridgehead atoms. The summed E-state index contributed by atoms with van der Waals surface area (Å²) in [7, 11) is 0. The molecule has 0 aliphatic heterocycles. The summed E-state index contributed by atoms with van der Waals surface area (Å²) in [5, 5.41) is 0. The van der Waals surface area contributed by atoms with Crippen molar-refractivity contribution in [3.63, 3.8) is 0 Å². The van der Waals surface area contributed by atoms with Crippen LogP contribution in [0.4, 0.5) is 4.79 Å². The van der Waals surface area contributed by atoms with Gasteiger partial charge in [0, 0.05) is 25.5 Å². The highest BCUT2D eigenvalue weighted by Crippen LogP contribution is 1.89. The average Bonchev–Trinajstić information content (AvgIpc) is 2.79. The predicted octanol–water partition coefficient (Wildman–Crippen LogP) is 0.130. The number of aryl methyl sites for hydroxylation is 1. The fourth-order valence-electron chi connectivity index (χ4n) is 0.994. The van der Waals surface area contributed by atoms with Crippen molar-refractivity contribution in [3.05, 3.63) is 18.7 Å². The Bertz CT molecular complexity index is 313. The van der Waals surface area contributed by atoms with Crippen molar-refractivity contribution in [2.45, 2.75) is 13.0 Å². The highest BCUT2D eigenvalue weighted by atomic mass is 16.8. The normalized spacial score (nSPS) is 9.75. The Morgan fingerprint density at radius 3 is 3.12 bits per heavy atom. The number of rotatable bonds is 7. The van der Waals surface area contributed by atoms with Gasteiger partial charge in [0.05, 0.1) is 6.33 Å². The zero-order valence-electron chi connectivity index (χ0n) is 8.67. The molecule has 88 valence electrons. The molecule has 0 saturated carbocycles. The van der Waals surface area contributed by atoms with E-state index in [9.17, 15) is 9.59 Å². The quantitative estimate of drug-likeness (QED) is 0.308. The molecule has 1 aromatic rings. The minimum atomic E-state index is -0.908. The number of hydrogen-bond donors (Lipinski definition) is 1. The van der Waals surface area contributed by atoms with Gasteiger partial charge >= 0.3 is 6.16 Å². The Balaban J connectivity index is 1.95. The van der Waals surface area contributed by atoms with Gasteiger partial charge in [-0.25, -0.2) is 9.78 Å². The van der Waals surface area contributed by atoms with Gasteiger partial charge in [-0.05, 0) is 6.42 Å². The van der Waals surface area contributed by atoms with E-state index < -0.39 is 6.16 Å². The third-order valence-corrected chi connectivity index (χ3v) is 1.68. The highest BCUT2D eigenvalue weighted by molar-refractivity contribution is 5.63. The van der Waals surface area contributed by atoms with E-state index in [4.69, 9.17) is 0 Å². The number of ether oxygens (including phenoxy) is 1. The van der Waals surface area contributed by atoms with Crippen LogP contribution >= 0.6 is 0 Å².